The highest BCUT2D eigenvalue weighted by molar-refractivity contribution is 5.89. The Labute approximate surface area is 110 Å². The number of rotatable bonds is 5. The Morgan fingerprint density at radius 3 is 2.63 bits per heavy atom. The Morgan fingerprint density at radius 1 is 1.32 bits per heavy atom. The van der Waals surface area contributed by atoms with Crippen LogP contribution in [0, 0.1) is 6.92 Å². The molecule has 2 aromatic rings. The molecule has 100 valence electrons. The Morgan fingerprint density at radius 2 is 2.05 bits per heavy atom. The molecule has 0 amide bonds. The van der Waals surface area contributed by atoms with E-state index in [9.17, 15) is 4.79 Å². The van der Waals surface area contributed by atoms with Crippen LogP contribution in [0.3, 0.4) is 0 Å². The van der Waals surface area contributed by atoms with Gasteiger partial charge in [-0.3, -0.25) is 0 Å². The van der Waals surface area contributed by atoms with E-state index in [1.807, 2.05) is 6.92 Å². The summed E-state index contributed by atoms with van der Waals surface area (Å²) in [6, 6.07) is 6.73. The molecule has 0 bridgehead atoms. The third kappa shape index (κ3) is 3.54. The molecule has 0 fully saturated rings. The van der Waals surface area contributed by atoms with Crippen molar-refractivity contribution in [2.75, 3.05) is 6.61 Å². The molecular weight excluding hydrogens is 248 g/mol. The zero-order chi connectivity index (χ0) is 13.7. The standard InChI is InChI=1S/C13H14N2O4/c1-3-17-11-6-4-10(5-7-11)13(16)18-8-12-14-9(2)15-19-12/h4-7H,3,8H2,1-2H3. The number of benzene rings is 1. The topological polar surface area (TPSA) is 74.5 Å². The lowest BCUT2D eigenvalue weighted by molar-refractivity contribution is 0.0430. The van der Waals surface area contributed by atoms with E-state index in [0.717, 1.165) is 0 Å². The van der Waals surface area contributed by atoms with Gasteiger partial charge in [-0.05, 0) is 38.1 Å². The SMILES string of the molecule is CCOc1ccc(C(=O)OCc2nc(C)no2)cc1. The van der Waals surface area contributed by atoms with Crippen molar-refractivity contribution in [2.45, 2.75) is 20.5 Å². The second-order valence-corrected chi connectivity index (χ2v) is 3.77. The fraction of sp³-hybridized carbons (Fsp3) is 0.308. The van der Waals surface area contributed by atoms with Crippen LogP contribution in [-0.2, 0) is 11.3 Å². The highest BCUT2D eigenvalue weighted by Crippen LogP contribution is 2.13. The predicted octanol–water partition coefficient (Wildman–Crippen LogP) is 2.13. The van der Waals surface area contributed by atoms with Crippen molar-refractivity contribution in [3.05, 3.63) is 41.5 Å². The van der Waals surface area contributed by atoms with E-state index in [-0.39, 0.29) is 12.5 Å². The quantitative estimate of drug-likeness (QED) is 0.768. The van der Waals surface area contributed by atoms with Crippen LogP contribution >= 0.6 is 0 Å². The van der Waals surface area contributed by atoms with Crippen LogP contribution in [0.4, 0.5) is 0 Å². The molecule has 0 saturated heterocycles. The van der Waals surface area contributed by atoms with Gasteiger partial charge in [0.1, 0.15) is 5.75 Å². The number of esters is 1. The Kier molecular flexibility index (Phi) is 4.12. The van der Waals surface area contributed by atoms with Crippen molar-refractivity contribution in [1.29, 1.82) is 0 Å². The van der Waals surface area contributed by atoms with Gasteiger partial charge < -0.3 is 14.0 Å². The van der Waals surface area contributed by atoms with Crippen molar-refractivity contribution in [2.24, 2.45) is 0 Å². The van der Waals surface area contributed by atoms with E-state index in [1.54, 1.807) is 31.2 Å². The lowest BCUT2D eigenvalue weighted by Crippen LogP contribution is -2.05. The average Bonchev–Trinajstić information content (AvgIpc) is 2.83. The molecule has 0 saturated carbocycles. The van der Waals surface area contributed by atoms with Gasteiger partial charge in [-0.25, -0.2) is 4.79 Å². The summed E-state index contributed by atoms with van der Waals surface area (Å²) in [7, 11) is 0. The van der Waals surface area contributed by atoms with Crippen LogP contribution in [0.5, 0.6) is 5.75 Å². The van der Waals surface area contributed by atoms with Crippen LogP contribution in [0.25, 0.3) is 0 Å². The van der Waals surface area contributed by atoms with Crippen LogP contribution in [-0.4, -0.2) is 22.7 Å². The maximum Gasteiger partial charge on any atom is 0.338 e. The minimum atomic E-state index is -0.445. The summed E-state index contributed by atoms with van der Waals surface area (Å²) in [5.74, 6) is 1.05. The first-order chi connectivity index (χ1) is 9.19. The van der Waals surface area contributed by atoms with E-state index in [0.29, 0.717) is 23.7 Å². The monoisotopic (exact) mass is 262 g/mol. The largest absolute Gasteiger partial charge is 0.494 e. The molecule has 0 atom stereocenters. The maximum absolute atomic E-state index is 11.7. The number of carbonyl (C=O) groups excluding carboxylic acids is 1. The fourth-order valence-electron chi connectivity index (χ4n) is 1.46. The van der Waals surface area contributed by atoms with E-state index in [1.165, 1.54) is 0 Å². The van der Waals surface area contributed by atoms with Crippen LogP contribution < -0.4 is 4.74 Å². The van der Waals surface area contributed by atoms with E-state index < -0.39 is 5.97 Å². The summed E-state index contributed by atoms with van der Waals surface area (Å²) in [4.78, 5) is 15.7. The minimum Gasteiger partial charge on any atom is -0.494 e. The molecule has 0 aliphatic rings. The lowest BCUT2D eigenvalue weighted by Gasteiger charge is -2.04. The number of aromatic nitrogens is 2. The van der Waals surface area contributed by atoms with Gasteiger partial charge in [0.15, 0.2) is 12.4 Å². The zero-order valence-corrected chi connectivity index (χ0v) is 10.8. The molecular formula is C13H14N2O4. The van der Waals surface area contributed by atoms with Gasteiger partial charge in [-0.2, -0.15) is 4.98 Å². The van der Waals surface area contributed by atoms with Crippen molar-refractivity contribution in [3.8, 4) is 5.75 Å². The van der Waals surface area contributed by atoms with Crippen molar-refractivity contribution in [3.63, 3.8) is 0 Å². The molecule has 1 heterocycles. The average molecular weight is 262 g/mol. The Balaban J connectivity index is 1.92. The number of nitrogens with zero attached hydrogens (tertiary/aromatic N) is 2. The lowest BCUT2D eigenvalue weighted by atomic mass is 10.2. The van der Waals surface area contributed by atoms with Crippen LogP contribution in [0.1, 0.15) is 29.0 Å². The van der Waals surface area contributed by atoms with Crippen LogP contribution in [0.2, 0.25) is 0 Å². The smallest absolute Gasteiger partial charge is 0.338 e. The maximum atomic E-state index is 11.7. The van der Waals surface area contributed by atoms with Gasteiger partial charge in [0, 0.05) is 0 Å². The Hall–Kier alpha value is -2.37. The normalized spacial score (nSPS) is 10.2. The molecule has 1 aromatic carbocycles. The first-order valence-corrected chi connectivity index (χ1v) is 5.88. The van der Waals surface area contributed by atoms with Gasteiger partial charge in [0.25, 0.3) is 5.89 Å². The molecule has 6 nitrogen and oxygen atoms in total. The molecule has 0 radical (unpaired) electrons. The van der Waals surface area contributed by atoms with Crippen molar-refractivity contribution >= 4 is 5.97 Å². The van der Waals surface area contributed by atoms with Crippen LogP contribution in [0.15, 0.2) is 28.8 Å². The molecule has 0 aliphatic heterocycles. The zero-order valence-electron chi connectivity index (χ0n) is 10.8. The van der Waals surface area contributed by atoms with Crippen molar-refractivity contribution < 1.29 is 18.8 Å². The number of hydrogen-bond donors (Lipinski definition) is 0. The first-order valence-electron chi connectivity index (χ1n) is 5.88. The number of carbonyl (C=O) groups is 1. The molecule has 0 unspecified atom stereocenters. The third-order valence-corrected chi connectivity index (χ3v) is 2.30. The molecule has 0 spiro atoms. The van der Waals surface area contributed by atoms with Gasteiger partial charge in [-0.15, -0.1) is 0 Å². The molecule has 19 heavy (non-hydrogen) atoms. The minimum absolute atomic E-state index is 0.0348. The van der Waals surface area contributed by atoms with Gasteiger partial charge in [0.2, 0.25) is 0 Å². The van der Waals surface area contributed by atoms with E-state index in [2.05, 4.69) is 10.1 Å². The number of aryl methyl sites for hydroxylation is 1. The first kappa shape index (κ1) is 13.1. The van der Waals surface area contributed by atoms with Gasteiger partial charge >= 0.3 is 5.97 Å². The molecule has 1 aromatic heterocycles. The van der Waals surface area contributed by atoms with Crippen molar-refractivity contribution in [1.82, 2.24) is 10.1 Å². The number of ether oxygens (including phenoxy) is 2. The molecule has 0 N–H and O–H groups in total. The summed E-state index contributed by atoms with van der Waals surface area (Å²) in [5.41, 5.74) is 0.444. The predicted molar refractivity (Wildman–Crippen MR) is 65.8 cm³/mol. The summed E-state index contributed by atoms with van der Waals surface area (Å²) in [5, 5.41) is 3.61. The van der Waals surface area contributed by atoms with E-state index >= 15 is 0 Å². The molecule has 6 heteroatoms. The summed E-state index contributed by atoms with van der Waals surface area (Å²) < 4.78 is 15.2. The molecule has 2 rings (SSSR count). The van der Waals surface area contributed by atoms with Gasteiger partial charge in [0.05, 0.1) is 12.2 Å². The highest BCUT2D eigenvalue weighted by Gasteiger charge is 2.10. The van der Waals surface area contributed by atoms with E-state index in [4.69, 9.17) is 14.0 Å². The number of hydrogen-bond acceptors (Lipinski definition) is 6. The summed E-state index contributed by atoms with van der Waals surface area (Å²) in [6.45, 7) is 4.14. The Bertz CT molecular complexity index is 548. The fourth-order valence-corrected chi connectivity index (χ4v) is 1.46. The third-order valence-electron chi connectivity index (χ3n) is 2.30. The van der Waals surface area contributed by atoms with Gasteiger partial charge in [-0.1, -0.05) is 5.16 Å². The summed E-state index contributed by atoms with van der Waals surface area (Å²) >= 11 is 0. The second kappa shape index (κ2) is 5.99. The summed E-state index contributed by atoms with van der Waals surface area (Å²) in [6.07, 6.45) is 0. The second-order valence-electron chi connectivity index (χ2n) is 3.77. The molecule has 0 aliphatic carbocycles. The highest BCUT2D eigenvalue weighted by atomic mass is 16.6.